The highest BCUT2D eigenvalue weighted by Gasteiger charge is 2.22. The van der Waals surface area contributed by atoms with Crippen LogP contribution in [0.2, 0.25) is 0 Å². The van der Waals surface area contributed by atoms with Crippen molar-refractivity contribution in [3.05, 3.63) is 67.9 Å². The van der Waals surface area contributed by atoms with E-state index < -0.39 is 0 Å². The number of hydrogen-bond donors (Lipinski definition) is 0. The van der Waals surface area contributed by atoms with Gasteiger partial charge in [-0.2, -0.15) is 0 Å². The third-order valence-corrected chi connectivity index (χ3v) is 8.21. The van der Waals surface area contributed by atoms with Crippen LogP contribution in [0, 0.1) is 17.8 Å². The molecule has 0 aliphatic heterocycles. The Morgan fingerprint density at radius 1 is 1.11 bits per heavy atom. The molecule has 0 aliphatic rings. The molecule has 0 saturated carbocycles. The largest absolute Gasteiger partial charge is 0.495 e. The lowest BCUT2D eigenvalue weighted by atomic mass is 10.1. The zero-order valence-electron chi connectivity index (χ0n) is 20.9. The number of methoxy groups -OCH3 is 1. The van der Waals surface area contributed by atoms with Crippen LogP contribution in [0.25, 0.3) is 21.7 Å². The molecule has 2 heterocycles. The predicted molar refractivity (Wildman–Crippen MR) is 150 cm³/mol. The minimum atomic E-state index is -0.248. The molecule has 0 fully saturated rings. The fraction of sp³-hybridized carbons (Fsp3) is 0.308. The van der Waals surface area contributed by atoms with E-state index in [4.69, 9.17) is 21.9 Å². The summed E-state index contributed by atoms with van der Waals surface area (Å²) in [5.41, 5.74) is 3.86. The van der Waals surface area contributed by atoms with Crippen LogP contribution in [0.15, 0.2) is 52.4 Å². The number of amides is 1. The molecule has 2 aromatic carbocycles. The smallest absolute Gasteiger partial charge is 0.278 e. The summed E-state index contributed by atoms with van der Waals surface area (Å²) in [4.78, 5) is 33.5. The topological polar surface area (TPSA) is 69.4 Å². The number of thioether (sulfide) groups is 1. The zero-order chi connectivity index (χ0) is 26.0. The third kappa shape index (κ3) is 4.85. The second-order valence-electron chi connectivity index (χ2n) is 8.21. The van der Waals surface area contributed by atoms with E-state index in [0.29, 0.717) is 44.0 Å². The molecule has 0 aliphatic carbocycles. The summed E-state index contributed by atoms with van der Waals surface area (Å²) >= 11 is 8.19. The number of nitrogens with zero attached hydrogens (tertiary/aromatic N) is 4. The van der Waals surface area contributed by atoms with Crippen LogP contribution in [0.3, 0.4) is 0 Å². The van der Waals surface area contributed by atoms with Crippen molar-refractivity contribution in [2.24, 2.45) is 0 Å². The first-order valence-electron chi connectivity index (χ1n) is 11.6. The van der Waals surface area contributed by atoms with Crippen molar-refractivity contribution in [2.45, 2.75) is 32.9 Å². The molecule has 0 N–H and O–H groups in total. The summed E-state index contributed by atoms with van der Waals surface area (Å²) in [5, 5.41) is 0.406. The van der Waals surface area contributed by atoms with Gasteiger partial charge in [-0.15, -0.1) is 0 Å². The van der Waals surface area contributed by atoms with Gasteiger partial charge in [-0.1, -0.05) is 52.9 Å². The Morgan fingerprint density at radius 3 is 2.50 bits per heavy atom. The molecule has 0 unspecified atom stereocenters. The normalized spacial score (nSPS) is 11.1. The number of rotatable bonds is 8. The number of aromatic nitrogens is 3. The van der Waals surface area contributed by atoms with Crippen LogP contribution in [0.5, 0.6) is 5.75 Å². The Bertz CT molecular complexity index is 1550. The third-order valence-electron chi connectivity index (χ3n) is 5.94. The van der Waals surface area contributed by atoms with Gasteiger partial charge < -0.3 is 9.64 Å². The second-order valence-corrected chi connectivity index (χ2v) is 10.8. The molecule has 0 saturated heterocycles. The SMILES string of the molecule is CCN(CC)C(=O)CSc1nc2c(sc(=S)n2-c2ccc(C)cc2C)c(=O)n1-c1ccccc1OC. The van der Waals surface area contributed by atoms with Crippen molar-refractivity contribution in [1.29, 1.82) is 0 Å². The van der Waals surface area contributed by atoms with Crippen LogP contribution in [-0.4, -0.2) is 50.9 Å². The molecule has 0 atom stereocenters. The van der Waals surface area contributed by atoms with E-state index in [1.54, 1.807) is 18.1 Å². The van der Waals surface area contributed by atoms with E-state index in [0.717, 1.165) is 16.8 Å². The molecule has 10 heteroatoms. The number of ether oxygens (including phenoxy) is 1. The number of aryl methyl sites for hydroxylation is 2. The average Bonchev–Trinajstić information content (AvgIpc) is 3.19. The van der Waals surface area contributed by atoms with E-state index in [-0.39, 0.29) is 17.2 Å². The molecular weight excluding hydrogens is 513 g/mol. The molecular formula is C26H28N4O3S3. The van der Waals surface area contributed by atoms with Crippen molar-refractivity contribution >= 4 is 51.6 Å². The summed E-state index contributed by atoms with van der Waals surface area (Å²) in [7, 11) is 1.56. The lowest BCUT2D eigenvalue weighted by Gasteiger charge is -2.19. The van der Waals surface area contributed by atoms with Crippen molar-refractivity contribution in [1.82, 2.24) is 19.0 Å². The molecule has 7 nitrogen and oxygen atoms in total. The molecule has 2 aromatic heterocycles. The maximum Gasteiger partial charge on any atom is 0.278 e. The van der Waals surface area contributed by atoms with E-state index in [1.165, 1.54) is 27.7 Å². The number of carbonyl (C=O) groups excluding carboxylic acids is 1. The van der Waals surface area contributed by atoms with E-state index in [9.17, 15) is 9.59 Å². The van der Waals surface area contributed by atoms with Gasteiger partial charge >= 0.3 is 0 Å². The van der Waals surface area contributed by atoms with E-state index in [2.05, 4.69) is 6.07 Å². The second kappa shape index (κ2) is 11.0. The summed E-state index contributed by atoms with van der Waals surface area (Å²) in [6.45, 7) is 9.20. The number of fused-ring (bicyclic) bond motifs is 1. The molecule has 36 heavy (non-hydrogen) atoms. The minimum absolute atomic E-state index is 0.0116. The van der Waals surface area contributed by atoms with Gasteiger partial charge in [-0.3, -0.25) is 18.7 Å². The molecule has 4 aromatic rings. The first kappa shape index (κ1) is 26.1. The molecule has 4 rings (SSSR count). The van der Waals surface area contributed by atoms with Gasteiger partial charge in [0.25, 0.3) is 5.56 Å². The Hall–Kier alpha value is -2.95. The highest BCUT2D eigenvalue weighted by Crippen LogP contribution is 2.31. The first-order valence-corrected chi connectivity index (χ1v) is 13.8. The van der Waals surface area contributed by atoms with Gasteiger partial charge in [0.1, 0.15) is 10.4 Å². The van der Waals surface area contributed by atoms with Crippen molar-refractivity contribution in [3.63, 3.8) is 0 Å². The lowest BCUT2D eigenvalue weighted by molar-refractivity contribution is -0.127. The van der Waals surface area contributed by atoms with E-state index in [1.807, 2.05) is 62.6 Å². The Labute approximate surface area is 223 Å². The van der Waals surface area contributed by atoms with Gasteiger partial charge in [0.2, 0.25) is 5.91 Å². The van der Waals surface area contributed by atoms with Crippen LogP contribution in [0.4, 0.5) is 0 Å². The summed E-state index contributed by atoms with van der Waals surface area (Å²) in [6.07, 6.45) is 0. The fourth-order valence-electron chi connectivity index (χ4n) is 4.12. The molecule has 188 valence electrons. The Balaban J connectivity index is 1.97. The molecule has 0 radical (unpaired) electrons. The van der Waals surface area contributed by atoms with Crippen LogP contribution in [-0.2, 0) is 4.79 Å². The number of thiazole rings is 1. The summed E-state index contributed by atoms with van der Waals surface area (Å²) in [6, 6.07) is 13.4. The van der Waals surface area contributed by atoms with Crippen LogP contribution < -0.4 is 10.3 Å². The average molecular weight is 541 g/mol. The number of benzene rings is 2. The van der Waals surface area contributed by atoms with Crippen molar-refractivity contribution in [2.75, 3.05) is 26.0 Å². The van der Waals surface area contributed by atoms with Gasteiger partial charge in [0.15, 0.2) is 14.8 Å². The predicted octanol–water partition coefficient (Wildman–Crippen LogP) is 5.55. The Morgan fingerprint density at radius 2 is 1.83 bits per heavy atom. The number of hydrogen-bond acceptors (Lipinski definition) is 7. The standard InChI is InChI=1S/C26H28N4O3S3/c1-6-28(7-2)21(31)15-35-25-27-23-22(24(32)30(25)19-10-8-9-11-20(19)33-5)36-26(34)29(23)18-13-12-16(3)14-17(18)4/h8-14H,6-7,15H2,1-5H3. The Kier molecular flexibility index (Phi) is 7.97. The van der Waals surface area contributed by atoms with Gasteiger partial charge in [-0.05, 0) is 63.7 Å². The van der Waals surface area contributed by atoms with Gasteiger partial charge in [0, 0.05) is 13.1 Å². The molecule has 0 spiro atoms. The number of para-hydroxylation sites is 2. The first-order chi connectivity index (χ1) is 17.3. The zero-order valence-corrected chi connectivity index (χ0v) is 23.4. The van der Waals surface area contributed by atoms with Gasteiger partial charge in [0.05, 0.1) is 24.2 Å². The fourth-order valence-corrected chi connectivity index (χ4v) is 6.31. The number of carbonyl (C=O) groups is 1. The quantitative estimate of drug-likeness (QED) is 0.166. The highest BCUT2D eigenvalue weighted by molar-refractivity contribution is 7.99. The van der Waals surface area contributed by atoms with Crippen LogP contribution >= 0.6 is 35.3 Å². The molecule has 1 amide bonds. The minimum Gasteiger partial charge on any atom is -0.495 e. The monoisotopic (exact) mass is 540 g/mol. The summed E-state index contributed by atoms with van der Waals surface area (Å²) in [5.74, 6) is 0.681. The summed E-state index contributed by atoms with van der Waals surface area (Å²) < 4.78 is 9.92. The van der Waals surface area contributed by atoms with Crippen LogP contribution in [0.1, 0.15) is 25.0 Å². The van der Waals surface area contributed by atoms with Crippen molar-refractivity contribution < 1.29 is 9.53 Å². The maximum atomic E-state index is 14.0. The van der Waals surface area contributed by atoms with Gasteiger partial charge in [-0.25, -0.2) is 4.98 Å². The van der Waals surface area contributed by atoms with E-state index >= 15 is 0 Å². The highest BCUT2D eigenvalue weighted by atomic mass is 32.2. The van der Waals surface area contributed by atoms with Crippen molar-refractivity contribution in [3.8, 4) is 17.1 Å². The lowest BCUT2D eigenvalue weighted by Crippen LogP contribution is -2.32. The molecule has 0 bridgehead atoms. The maximum absolute atomic E-state index is 14.0.